The van der Waals surface area contributed by atoms with Crippen LogP contribution in [0.25, 0.3) is 0 Å². The predicted octanol–water partition coefficient (Wildman–Crippen LogP) is 1.57. The number of aryl methyl sites for hydroxylation is 2. The molecule has 1 aromatic rings. The first-order valence-electron chi connectivity index (χ1n) is 6.24. The fraction of sp³-hybridized carbons (Fsp3) is 0.692. The van der Waals surface area contributed by atoms with Crippen LogP contribution >= 0.6 is 0 Å². The Hall–Kier alpha value is -1.34. The second-order valence-electron chi connectivity index (χ2n) is 5.04. The van der Waals surface area contributed by atoms with Crippen LogP contribution < -0.4 is 5.32 Å². The number of hydrogen-bond acceptors (Lipinski definition) is 3. The lowest BCUT2D eigenvalue weighted by molar-refractivity contribution is 0.404. The highest BCUT2D eigenvalue weighted by molar-refractivity contribution is 5.21. The monoisotopic (exact) mass is 232 g/mol. The number of nitrogens with one attached hydrogen (secondary N) is 1. The molecule has 1 unspecified atom stereocenters. The van der Waals surface area contributed by atoms with Crippen LogP contribution in [0.2, 0.25) is 0 Å². The first-order chi connectivity index (χ1) is 8.09. The van der Waals surface area contributed by atoms with Crippen LogP contribution in [0.5, 0.6) is 0 Å². The molecule has 1 N–H and O–H groups in total. The van der Waals surface area contributed by atoms with Crippen LogP contribution in [0.4, 0.5) is 0 Å². The van der Waals surface area contributed by atoms with Crippen molar-refractivity contribution >= 4 is 0 Å². The first kappa shape index (κ1) is 12.1. The van der Waals surface area contributed by atoms with E-state index in [1.54, 1.807) is 0 Å². The summed E-state index contributed by atoms with van der Waals surface area (Å²) >= 11 is 0. The van der Waals surface area contributed by atoms with Gasteiger partial charge in [-0.15, -0.1) is 0 Å². The highest BCUT2D eigenvalue weighted by atomic mass is 15.1. The molecule has 0 aromatic carbocycles. The van der Waals surface area contributed by atoms with Gasteiger partial charge >= 0.3 is 0 Å². The lowest BCUT2D eigenvalue weighted by Gasteiger charge is -2.24. The summed E-state index contributed by atoms with van der Waals surface area (Å²) in [5.41, 5.74) is 2.06. The summed E-state index contributed by atoms with van der Waals surface area (Å²) < 4.78 is 2.22. The molecule has 4 nitrogen and oxygen atoms in total. The van der Waals surface area contributed by atoms with Crippen LogP contribution in [-0.2, 0) is 19.4 Å². The van der Waals surface area contributed by atoms with Gasteiger partial charge in [0.05, 0.1) is 18.3 Å². The Balaban J connectivity index is 2.33. The first-order valence-corrected chi connectivity index (χ1v) is 6.24. The van der Waals surface area contributed by atoms with Gasteiger partial charge in [0, 0.05) is 5.69 Å². The molecule has 0 fully saturated rings. The van der Waals surface area contributed by atoms with Gasteiger partial charge in [0.25, 0.3) is 0 Å². The summed E-state index contributed by atoms with van der Waals surface area (Å²) in [5.74, 6) is 1.04. The Morgan fingerprint density at radius 2 is 2.18 bits per heavy atom. The van der Waals surface area contributed by atoms with Crippen LogP contribution in [-0.4, -0.2) is 22.1 Å². The summed E-state index contributed by atoms with van der Waals surface area (Å²) in [6.45, 7) is 4.64. The van der Waals surface area contributed by atoms with E-state index in [4.69, 9.17) is 0 Å². The van der Waals surface area contributed by atoms with Gasteiger partial charge in [0.1, 0.15) is 11.4 Å². The third-order valence-electron chi connectivity index (χ3n) is 3.70. The largest absolute Gasteiger partial charge is 0.329 e. The normalized spacial score (nSPS) is 18.2. The Bertz CT molecular complexity index is 455. The van der Waals surface area contributed by atoms with Crippen molar-refractivity contribution in [1.82, 2.24) is 14.9 Å². The highest BCUT2D eigenvalue weighted by Crippen LogP contribution is 2.23. The fourth-order valence-electron chi connectivity index (χ4n) is 2.43. The van der Waals surface area contributed by atoms with Crippen molar-refractivity contribution in [1.29, 1.82) is 5.26 Å². The Labute approximate surface area is 103 Å². The number of likely N-dealkylation sites (N-methyl/N-ethyl adjacent to an activating group) is 1. The minimum Gasteiger partial charge on any atom is -0.329 e. The molecule has 1 aromatic heterocycles. The van der Waals surface area contributed by atoms with Gasteiger partial charge in [-0.3, -0.25) is 0 Å². The Morgan fingerprint density at radius 3 is 2.82 bits per heavy atom. The maximum Gasteiger partial charge on any atom is 0.121 e. The van der Waals surface area contributed by atoms with Gasteiger partial charge in [-0.1, -0.05) is 0 Å². The van der Waals surface area contributed by atoms with Gasteiger partial charge in [-0.25, -0.2) is 4.98 Å². The molecular weight excluding hydrogens is 212 g/mol. The van der Waals surface area contributed by atoms with Gasteiger partial charge in [0.15, 0.2) is 0 Å². The summed E-state index contributed by atoms with van der Waals surface area (Å²) in [6.07, 6.45) is 4.67. The van der Waals surface area contributed by atoms with Crippen molar-refractivity contribution in [2.45, 2.75) is 51.6 Å². The second kappa shape index (κ2) is 4.50. The third kappa shape index (κ3) is 2.20. The van der Waals surface area contributed by atoms with Gasteiger partial charge in [-0.2, -0.15) is 5.26 Å². The van der Waals surface area contributed by atoms with E-state index in [2.05, 4.69) is 20.9 Å². The van der Waals surface area contributed by atoms with E-state index in [9.17, 15) is 5.26 Å². The summed E-state index contributed by atoms with van der Waals surface area (Å²) in [4.78, 5) is 4.63. The molecule has 1 aliphatic carbocycles. The van der Waals surface area contributed by atoms with Crippen molar-refractivity contribution < 1.29 is 0 Å². The summed E-state index contributed by atoms with van der Waals surface area (Å²) in [7, 11) is 1.84. The molecule has 0 saturated carbocycles. The molecule has 2 rings (SSSR count). The minimum atomic E-state index is -0.517. The smallest absolute Gasteiger partial charge is 0.121 e. The molecule has 1 atom stereocenters. The zero-order chi connectivity index (χ0) is 12.5. The minimum absolute atomic E-state index is 0.517. The van der Waals surface area contributed by atoms with E-state index in [0.717, 1.165) is 18.7 Å². The molecule has 0 saturated heterocycles. The third-order valence-corrected chi connectivity index (χ3v) is 3.70. The highest BCUT2D eigenvalue weighted by Gasteiger charge is 2.26. The molecule has 0 radical (unpaired) electrons. The Kier molecular flexibility index (Phi) is 3.21. The van der Waals surface area contributed by atoms with Crippen LogP contribution in [0.15, 0.2) is 0 Å². The van der Waals surface area contributed by atoms with Crippen molar-refractivity contribution in [3.05, 3.63) is 17.2 Å². The SMILES string of the molecule is CNC(C)(C#N)Cn1c(C)nc2c1CCCC2. The quantitative estimate of drug-likeness (QED) is 0.860. The topological polar surface area (TPSA) is 53.6 Å². The fourth-order valence-corrected chi connectivity index (χ4v) is 2.43. The summed E-state index contributed by atoms with van der Waals surface area (Å²) in [5, 5.41) is 12.3. The maximum absolute atomic E-state index is 9.23. The van der Waals surface area contributed by atoms with Crippen LogP contribution in [0, 0.1) is 18.3 Å². The van der Waals surface area contributed by atoms with E-state index >= 15 is 0 Å². The van der Waals surface area contributed by atoms with Crippen molar-refractivity contribution in [2.24, 2.45) is 0 Å². The zero-order valence-electron chi connectivity index (χ0n) is 10.9. The lowest BCUT2D eigenvalue weighted by atomic mass is 10.00. The second-order valence-corrected chi connectivity index (χ2v) is 5.04. The van der Waals surface area contributed by atoms with E-state index in [1.165, 1.54) is 24.2 Å². The molecule has 1 aliphatic rings. The molecular formula is C13H20N4. The number of imidazole rings is 1. The van der Waals surface area contributed by atoms with E-state index in [0.29, 0.717) is 6.54 Å². The van der Waals surface area contributed by atoms with Crippen LogP contribution in [0.3, 0.4) is 0 Å². The van der Waals surface area contributed by atoms with E-state index in [1.807, 2.05) is 20.9 Å². The number of hydrogen-bond donors (Lipinski definition) is 1. The van der Waals surface area contributed by atoms with Gasteiger partial charge < -0.3 is 9.88 Å². The molecule has 92 valence electrons. The number of nitrogens with zero attached hydrogens (tertiary/aromatic N) is 3. The van der Waals surface area contributed by atoms with Crippen molar-refractivity contribution in [3.8, 4) is 6.07 Å². The van der Waals surface area contributed by atoms with Crippen LogP contribution in [0.1, 0.15) is 37.0 Å². The molecule has 0 spiro atoms. The maximum atomic E-state index is 9.23. The molecule has 0 amide bonds. The van der Waals surface area contributed by atoms with Crippen molar-refractivity contribution in [2.75, 3.05) is 7.05 Å². The van der Waals surface area contributed by atoms with Gasteiger partial charge in [-0.05, 0) is 46.6 Å². The average molecular weight is 232 g/mol. The predicted molar refractivity (Wildman–Crippen MR) is 66.7 cm³/mol. The number of fused-ring (bicyclic) bond motifs is 1. The molecule has 17 heavy (non-hydrogen) atoms. The van der Waals surface area contributed by atoms with E-state index in [-0.39, 0.29) is 0 Å². The average Bonchev–Trinajstić information content (AvgIpc) is 2.66. The molecule has 1 heterocycles. The van der Waals surface area contributed by atoms with Crippen molar-refractivity contribution in [3.63, 3.8) is 0 Å². The lowest BCUT2D eigenvalue weighted by Crippen LogP contribution is -2.42. The van der Waals surface area contributed by atoms with E-state index < -0.39 is 5.54 Å². The number of rotatable bonds is 3. The molecule has 0 bridgehead atoms. The molecule has 4 heteroatoms. The Morgan fingerprint density at radius 1 is 1.47 bits per heavy atom. The summed E-state index contributed by atoms with van der Waals surface area (Å²) in [6, 6.07) is 2.34. The number of nitriles is 1. The van der Waals surface area contributed by atoms with Gasteiger partial charge in [0.2, 0.25) is 0 Å². The standard InChI is InChI=1S/C13H20N4/c1-10-16-11-6-4-5-7-12(11)17(10)9-13(2,8-14)15-3/h15H,4-7,9H2,1-3H3. The zero-order valence-corrected chi connectivity index (χ0v) is 10.9. The number of aromatic nitrogens is 2. The molecule has 0 aliphatic heterocycles.